The lowest BCUT2D eigenvalue weighted by atomic mass is 10.3. The van der Waals surface area contributed by atoms with Crippen molar-refractivity contribution in [2.75, 3.05) is 0 Å². The molecule has 3 nitrogen and oxygen atoms in total. The third-order valence-corrected chi connectivity index (χ3v) is 3.30. The molecule has 86 valence electrons. The first-order chi connectivity index (χ1) is 8.13. The highest BCUT2D eigenvalue weighted by Crippen LogP contribution is 2.29. The van der Waals surface area contributed by atoms with Gasteiger partial charge in [0.25, 0.3) is 0 Å². The van der Waals surface area contributed by atoms with E-state index in [1.54, 1.807) is 0 Å². The molecule has 1 N–H and O–H groups in total. The highest BCUT2D eigenvalue weighted by molar-refractivity contribution is 9.10. The van der Waals surface area contributed by atoms with Gasteiger partial charge < -0.3 is 9.40 Å². The third kappa shape index (κ3) is 1.87. The topological polar surface area (TPSA) is 41.8 Å². The van der Waals surface area contributed by atoms with Crippen LogP contribution in [0, 0.1) is 6.92 Å². The van der Waals surface area contributed by atoms with E-state index in [9.17, 15) is 0 Å². The van der Waals surface area contributed by atoms with Crippen LogP contribution in [-0.2, 0) is 0 Å². The molecule has 3 aromatic rings. The maximum atomic E-state index is 5.98. The quantitative estimate of drug-likeness (QED) is 0.716. The molecular weight excluding hydrogens is 304 g/mol. The second-order valence-electron chi connectivity index (χ2n) is 3.78. The van der Waals surface area contributed by atoms with Gasteiger partial charge in [-0.3, -0.25) is 0 Å². The fourth-order valence-corrected chi connectivity index (χ4v) is 2.62. The number of imidazole rings is 1. The maximum Gasteiger partial charge on any atom is 0.174 e. The molecule has 1 aromatic carbocycles. The molecule has 0 bridgehead atoms. The lowest BCUT2D eigenvalue weighted by Crippen LogP contribution is -1.74. The van der Waals surface area contributed by atoms with Crippen molar-refractivity contribution in [3.63, 3.8) is 0 Å². The molecule has 0 amide bonds. The van der Waals surface area contributed by atoms with Gasteiger partial charge in [-0.1, -0.05) is 11.6 Å². The number of nitrogens with zero attached hydrogens (tertiary/aromatic N) is 1. The van der Waals surface area contributed by atoms with Crippen molar-refractivity contribution in [1.82, 2.24) is 9.97 Å². The van der Waals surface area contributed by atoms with E-state index in [0.717, 1.165) is 27.0 Å². The van der Waals surface area contributed by atoms with Crippen LogP contribution in [0.4, 0.5) is 0 Å². The van der Waals surface area contributed by atoms with E-state index in [-0.39, 0.29) is 0 Å². The number of fused-ring (bicyclic) bond motifs is 1. The standard InChI is InChI=1S/C12H8BrClN2O/c1-6-2-3-10(17-6)12-15-9-5-7(14)4-8(13)11(9)16-12/h2-5H,1H3,(H,15,16). The number of aryl methyl sites for hydroxylation is 1. The fourth-order valence-electron chi connectivity index (χ4n) is 1.72. The van der Waals surface area contributed by atoms with E-state index in [1.165, 1.54) is 0 Å². The predicted molar refractivity (Wildman–Crippen MR) is 71.2 cm³/mol. The van der Waals surface area contributed by atoms with Crippen molar-refractivity contribution < 1.29 is 4.42 Å². The summed E-state index contributed by atoms with van der Waals surface area (Å²) in [6.07, 6.45) is 0. The number of hydrogen-bond donors (Lipinski definition) is 1. The molecule has 0 aliphatic rings. The Hall–Kier alpha value is -1.26. The number of rotatable bonds is 1. The van der Waals surface area contributed by atoms with Crippen LogP contribution < -0.4 is 0 Å². The number of hydrogen-bond acceptors (Lipinski definition) is 2. The smallest absolute Gasteiger partial charge is 0.174 e. The van der Waals surface area contributed by atoms with Gasteiger partial charge >= 0.3 is 0 Å². The van der Waals surface area contributed by atoms with Crippen molar-refractivity contribution in [2.24, 2.45) is 0 Å². The summed E-state index contributed by atoms with van der Waals surface area (Å²) in [5, 5.41) is 0.662. The predicted octanol–water partition coefficient (Wildman–Crippen LogP) is 4.55. The zero-order chi connectivity index (χ0) is 12.0. The first-order valence-electron chi connectivity index (χ1n) is 5.05. The van der Waals surface area contributed by atoms with E-state index < -0.39 is 0 Å². The van der Waals surface area contributed by atoms with E-state index >= 15 is 0 Å². The van der Waals surface area contributed by atoms with Gasteiger partial charge in [0, 0.05) is 9.50 Å². The second kappa shape index (κ2) is 3.89. The van der Waals surface area contributed by atoms with E-state index in [1.807, 2.05) is 31.2 Å². The molecule has 0 atom stereocenters. The minimum Gasteiger partial charge on any atom is -0.458 e. The molecule has 0 spiro atoms. The van der Waals surface area contributed by atoms with Crippen LogP contribution in [0.15, 0.2) is 33.2 Å². The molecule has 0 radical (unpaired) electrons. The van der Waals surface area contributed by atoms with Crippen LogP contribution in [0.1, 0.15) is 5.76 Å². The second-order valence-corrected chi connectivity index (χ2v) is 5.07. The highest BCUT2D eigenvalue weighted by Gasteiger charge is 2.11. The summed E-state index contributed by atoms with van der Waals surface area (Å²) in [6.45, 7) is 1.90. The van der Waals surface area contributed by atoms with Crippen LogP contribution in [0.3, 0.4) is 0 Å². The van der Waals surface area contributed by atoms with Gasteiger partial charge in [0.15, 0.2) is 11.6 Å². The molecule has 3 rings (SSSR count). The van der Waals surface area contributed by atoms with Gasteiger partial charge in [0.2, 0.25) is 0 Å². The van der Waals surface area contributed by atoms with Crippen molar-refractivity contribution in [2.45, 2.75) is 6.92 Å². The van der Waals surface area contributed by atoms with Gasteiger partial charge in [0.05, 0.1) is 5.52 Å². The monoisotopic (exact) mass is 310 g/mol. The molecular formula is C12H8BrClN2O. The molecule has 5 heteroatoms. The Balaban J connectivity index is 2.23. The summed E-state index contributed by atoms with van der Waals surface area (Å²) in [6, 6.07) is 7.46. The average Bonchev–Trinajstić information content (AvgIpc) is 2.83. The number of furan rings is 1. The normalized spacial score (nSPS) is 11.2. The van der Waals surface area contributed by atoms with Crippen LogP contribution in [0.2, 0.25) is 5.02 Å². The summed E-state index contributed by atoms with van der Waals surface area (Å²) >= 11 is 9.42. The molecule has 2 heterocycles. The van der Waals surface area contributed by atoms with Gasteiger partial charge in [-0.25, -0.2) is 4.98 Å². The van der Waals surface area contributed by atoms with E-state index in [0.29, 0.717) is 10.8 Å². The number of aromatic amines is 1. The molecule has 0 aliphatic carbocycles. The summed E-state index contributed by atoms with van der Waals surface area (Å²) in [5.41, 5.74) is 1.73. The number of aromatic nitrogens is 2. The number of nitrogens with one attached hydrogen (secondary N) is 1. The van der Waals surface area contributed by atoms with Crippen molar-refractivity contribution in [3.05, 3.63) is 39.5 Å². The minimum atomic E-state index is 0.662. The fraction of sp³-hybridized carbons (Fsp3) is 0.0833. The van der Waals surface area contributed by atoms with Crippen molar-refractivity contribution >= 4 is 38.6 Å². The molecule has 17 heavy (non-hydrogen) atoms. The van der Waals surface area contributed by atoms with Crippen LogP contribution >= 0.6 is 27.5 Å². The van der Waals surface area contributed by atoms with Crippen molar-refractivity contribution in [1.29, 1.82) is 0 Å². The van der Waals surface area contributed by atoms with Gasteiger partial charge in [0.1, 0.15) is 11.3 Å². The van der Waals surface area contributed by atoms with E-state index in [4.69, 9.17) is 16.0 Å². The Morgan fingerprint density at radius 1 is 1.35 bits per heavy atom. The number of benzene rings is 1. The summed E-state index contributed by atoms with van der Waals surface area (Å²) in [4.78, 5) is 7.67. The van der Waals surface area contributed by atoms with Crippen molar-refractivity contribution in [3.8, 4) is 11.6 Å². The summed E-state index contributed by atoms with van der Waals surface area (Å²) < 4.78 is 6.39. The zero-order valence-corrected chi connectivity index (χ0v) is 11.3. The van der Waals surface area contributed by atoms with Crippen LogP contribution in [0.5, 0.6) is 0 Å². The number of halogens is 2. The maximum absolute atomic E-state index is 5.98. The molecule has 0 fully saturated rings. The zero-order valence-electron chi connectivity index (χ0n) is 8.92. The SMILES string of the molecule is Cc1ccc(-c2nc3c(Br)cc(Cl)cc3[nH]2)o1. The van der Waals surface area contributed by atoms with Gasteiger partial charge in [-0.05, 0) is 47.1 Å². The van der Waals surface area contributed by atoms with Crippen LogP contribution in [0.25, 0.3) is 22.6 Å². The highest BCUT2D eigenvalue weighted by atomic mass is 79.9. The molecule has 0 unspecified atom stereocenters. The first-order valence-corrected chi connectivity index (χ1v) is 6.22. The Labute approximate surface area is 111 Å². The molecule has 2 aromatic heterocycles. The van der Waals surface area contributed by atoms with E-state index in [2.05, 4.69) is 25.9 Å². The largest absolute Gasteiger partial charge is 0.458 e. The summed E-state index contributed by atoms with van der Waals surface area (Å²) in [7, 11) is 0. The van der Waals surface area contributed by atoms with Gasteiger partial charge in [-0.2, -0.15) is 0 Å². The third-order valence-electron chi connectivity index (χ3n) is 2.48. The lowest BCUT2D eigenvalue weighted by molar-refractivity contribution is 0.545. The summed E-state index contributed by atoms with van der Waals surface area (Å²) in [5.74, 6) is 2.29. The number of H-pyrrole nitrogens is 1. The molecule has 0 aliphatic heterocycles. The Morgan fingerprint density at radius 3 is 2.88 bits per heavy atom. The van der Waals surface area contributed by atoms with Crippen LogP contribution in [-0.4, -0.2) is 9.97 Å². The first kappa shape index (κ1) is 10.9. The Bertz CT molecular complexity index is 702. The Kier molecular flexibility index (Phi) is 2.49. The molecule has 0 saturated heterocycles. The van der Waals surface area contributed by atoms with Gasteiger partial charge in [-0.15, -0.1) is 0 Å². The Morgan fingerprint density at radius 2 is 2.18 bits per heavy atom. The molecule has 0 saturated carbocycles. The lowest BCUT2D eigenvalue weighted by Gasteiger charge is -1.92. The minimum absolute atomic E-state index is 0.662. The average molecular weight is 312 g/mol.